The number of sulfone groups is 1. The lowest BCUT2D eigenvalue weighted by atomic mass is 9.96. The van der Waals surface area contributed by atoms with Crippen LogP contribution in [0.1, 0.15) is 39.2 Å². The van der Waals surface area contributed by atoms with Gasteiger partial charge in [-0.1, -0.05) is 11.6 Å². The van der Waals surface area contributed by atoms with Crippen LogP contribution in [0.2, 0.25) is 5.02 Å². The Bertz CT molecular complexity index is 1000. The number of rotatable bonds is 3. The van der Waals surface area contributed by atoms with Gasteiger partial charge in [-0.25, -0.2) is 8.42 Å². The first-order valence-corrected chi connectivity index (χ1v) is 10.8. The Kier molecular flexibility index (Phi) is 4.87. The van der Waals surface area contributed by atoms with Crippen LogP contribution in [0.15, 0.2) is 23.1 Å². The lowest BCUT2D eigenvalue weighted by Gasteiger charge is -2.09. The maximum Gasteiger partial charge on any atom is 0.257 e. The predicted octanol–water partition coefficient (Wildman–Crippen LogP) is 3.81. The smallest absolute Gasteiger partial charge is 0.257 e. The summed E-state index contributed by atoms with van der Waals surface area (Å²) in [5.74, 6) is -0.523. The summed E-state index contributed by atoms with van der Waals surface area (Å²) < 4.78 is 23.4. The molecule has 25 heavy (non-hydrogen) atoms. The van der Waals surface area contributed by atoms with Crippen molar-refractivity contribution in [2.75, 3.05) is 11.6 Å². The highest BCUT2D eigenvalue weighted by molar-refractivity contribution is 7.90. The number of aryl methyl sites for hydroxylation is 1. The number of amides is 1. The highest BCUT2D eigenvalue weighted by Crippen LogP contribution is 2.38. The normalized spacial score (nSPS) is 13.8. The third-order valence-corrected chi connectivity index (χ3v) is 6.77. The van der Waals surface area contributed by atoms with Crippen LogP contribution in [-0.4, -0.2) is 20.6 Å². The van der Waals surface area contributed by atoms with Crippen LogP contribution in [0.3, 0.4) is 0 Å². The number of hydrogen-bond donors (Lipinski definition) is 1. The van der Waals surface area contributed by atoms with Crippen LogP contribution in [0, 0.1) is 11.3 Å². The Balaban J connectivity index is 1.96. The van der Waals surface area contributed by atoms with Gasteiger partial charge in [0.15, 0.2) is 9.84 Å². The van der Waals surface area contributed by atoms with Gasteiger partial charge in [0.05, 0.1) is 21.0 Å². The van der Waals surface area contributed by atoms with E-state index in [2.05, 4.69) is 11.4 Å². The number of carbonyl (C=O) groups excluding carboxylic acids is 1. The zero-order valence-corrected chi connectivity index (χ0v) is 15.8. The molecule has 0 fully saturated rings. The molecule has 130 valence electrons. The molecule has 1 N–H and O–H groups in total. The topological polar surface area (TPSA) is 87.0 Å². The molecule has 2 aromatic rings. The van der Waals surface area contributed by atoms with Crippen LogP contribution in [0.5, 0.6) is 0 Å². The molecule has 1 heterocycles. The largest absolute Gasteiger partial charge is 0.312 e. The first-order chi connectivity index (χ1) is 11.8. The number of halogens is 1. The minimum atomic E-state index is -3.45. The molecule has 0 saturated heterocycles. The fourth-order valence-corrected chi connectivity index (χ4v) is 4.94. The van der Waals surface area contributed by atoms with Gasteiger partial charge in [0.25, 0.3) is 5.91 Å². The summed E-state index contributed by atoms with van der Waals surface area (Å²) in [6.45, 7) is 0. The van der Waals surface area contributed by atoms with Crippen LogP contribution < -0.4 is 5.32 Å². The minimum absolute atomic E-state index is 0.0213. The quantitative estimate of drug-likeness (QED) is 0.857. The van der Waals surface area contributed by atoms with E-state index in [1.807, 2.05) is 0 Å². The standard InChI is InChI=1S/C17H15ClN2O3S2/c1-25(22,23)10-6-7-14(18)12(8-10)16(21)20-17-13(9-19)11-4-2-3-5-15(11)24-17/h6-8H,2-5H2,1H3,(H,20,21). The molecule has 0 unspecified atom stereocenters. The first kappa shape index (κ1) is 17.9. The van der Waals surface area contributed by atoms with E-state index in [1.165, 1.54) is 29.5 Å². The van der Waals surface area contributed by atoms with Crippen molar-refractivity contribution >= 4 is 43.7 Å². The van der Waals surface area contributed by atoms with Crippen molar-refractivity contribution in [2.45, 2.75) is 30.6 Å². The molecule has 5 nitrogen and oxygen atoms in total. The number of fused-ring (bicyclic) bond motifs is 1. The number of nitrogens with zero attached hydrogens (tertiary/aromatic N) is 1. The third kappa shape index (κ3) is 3.56. The molecule has 3 rings (SSSR count). The van der Waals surface area contributed by atoms with Gasteiger partial charge in [-0.3, -0.25) is 4.79 Å². The highest BCUT2D eigenvalue weighted by Gasteiger charge is 2.23. The van der Waals surface area contributed by atoms with Gasteiger partial charge in [0, 0.05) is 11.1 Å². The molecular weight excluding hydrogens is 380 g/mol. The number of nitriles is 1. The highest BCUT2D eigenvalue weighted by atomic mass is 35.5. The fraction of sp³-hybridized carbons (Fsp3) is 0.294. The molecule has 1 aliphatic carbocycles. The maximum absolute atomic E-state index is 12.6. The Morgan fingerprint density at radius 3 is 2.72 bits per heavy atom. The van der Waals surface area contributed by atoms with Crippen molar-refractivity contribution in [1.29, 1.82) is 5.26 Å². The van der Waals surface area contributed by atoms with Crippen molar-refractivity contribution in [2.24, 2.45) is 0 Å². The zero-order valence-electron chi connectivity index (χ0n) is 13.4. The molecule has 0 bridgehead atoms. The number of thiophene rings is 1. The minimum Gasteiger partial charge on any atom is -0.312 e. The lowest BCUT2D eigenvalue weighted by Crippen LogP contribution is -2.13. The zero-order chi connectivity index (χ0) is 18.2. The fourth-order valence-electron chi connectivity index (χ4n) is 2.85. The monoisotopic (exact) mass is 394 g/mol. The summed E-state index contributed by atoms with van der Waals surface area (Å²) in [7, 11) is -3.45. The SMILES string of the molecule is CS(=O)(=O)c1ccc(Cl)c(C(=O)Nc2sc3c(c2C#N)CCCC3)c1. The summed E-state index contributed by atoms with van der Waals surface area (Å²) in [5, 5.41) is 12.8. The third-order valence-electron chi connectivity index (χ3n) is 4.12. The molecule has 0 spiro atoms. The van der Waals surface area contributed by atoms with Gasteiger partial charge in [-0.15, -0.1) is 11.3 Å². The summed E-state index contributed by atoms with van der Waals surface area (Å²) in [6, 6.07) is 6.18. The molecule has 1 amide bonds. The van der Waals surface area contributed by atoms with Crippen molar-refractivity contribution in [3.63, 3.8) is 0 Å². The van der Waals surface area contributed by atoms with E-state index in [1.54, 1.807) is 0 Å². The van der Waals surface area contributed by atoms with Crippen LogP contribution in [-0.2, 0) is 22.7 Å². The second-order valence-corrected chi connectivity index (χ2v) is 9.42. The van der Waals surface area contributed by atoms with Crippen LogP contribution >= 0.6 is 22.9 Å². The Morgan fingerprint density at radius 2 is 2.04 bits per heavy atom. The molecule has 8 heteroatoms. The van der Waals surface area contributed by atoms with E-state index < -0.39 is 15.7 Å². The molecule has 0 aliphatic heterocycles. The summed E-state index contributed by atoms with van der Waals surface area (Å²) in [6.07, 6.45) is 4.94. The van der Waals surface area contributed by atoms with Gasteiger partial charge in [-0.2, -0.15) is 5.26 Å². The Morgan fingerprint density at radius 1 is 1.32 bits per heavy atom. The van der Waals surface area contributed by atoms with Gasteiger partial charge < -0.3 is 5.32 Å². The van der Waals surface area contributed by atoms with Crippen LogP contribution in [0.25, 0.3) is 0 Å². The Labute approximate surface area is 155 Å². The molecule has 1 aromatic heterocycles. The van der Waals surface area contributed by atoms with Crippen molar-refractivity contribution in [3.05, 3.63) is 44.8 Å². The number of carbonyl (C=O) groups is 1. The lowest BCUT2D eigenvalue weighted by molar-refractivity contribution is 0.102. The van der Waals surface area contributed by atoms with Gasteiger partial charge in [-0.05, 0) is 49.4 Å². The van der Waals surface area contributed by atoms with Gasteiger partial charge >= 0.3 is 0 Å². The number of anilines is 1. The first-order valence-electron chi connectivity index (χ1n) is 7.67. The van der Waals surface area contributed by atoms with E-state index in [9.17, 15) is 18.5 Å². The average molecular weight is 395 g/mol. The second kappa shape index (κ2) is 6.79. The molecule has 0 saturated carbocycles. The summed E-state index contributed by atoms with van der Waals surface area (Å²) in [4.78, 5) is 13.8. The van der Waals surface area contributed by atoms with Gasteiger partial charge in [0.1, 0.15) is 11.1 Å². The van der Waals surface area contributed by atoms with Crippen molar-refractivity contribution in [3.8, 4) is 6.07 Å². The molecule has 1 aromatic carbocycles. The summed E-state index contributed by atoms with van der Waals surface area (Å²) in [5.41, 5.74) is 1.59. The Hall–Kier alpha value is -1.88. The molecular formula is C17H15ClN2O3S2. The van der Waals surface area contributed by atoms with E-state index in [0.717, 1.165) is 42.4 Å². The molecule has 0 radical (unpaired) electrons. The van der Waals surface area contributed by atoms with E-state index in [4.69, 9.17) is 11.6 Å². The number of hydrogen-bond acceptors (Lipinski definition) is 5. The van der Waals surface area contributed by atoms with Crippen LogP contribution in [0.4, 0.5) is 5.00 Å². The number of benzene rings is 1. The average Bonchev–Trinajstić information content (AvgIpc) is 2.90. The van der Waals surface area contributed by atoms with E-state index >= 15 is 0 Å². The summed E-state index contributed by atoms with van der Waals surface area (Å²) >= 11 is 7.47. The van der Waals surface area contributed by atoms with Crippen molar-refractivity contribution < 1.29 is 13.2 Å². The van der Waals surface area contributed by atoms with Crippen molar-refractivity contribution in [1.82, 2.24) is 0 Å². The second-order valence-electron chi connectivity index (χ2n) is 5.89. The maximum atomic E-state index is 12.6. The molecule has 0 atom stereocenters. The number of nitrogens with one attached hydrogen (secondary N) is 1. The predicted molar refractivity (Wildman–Crippen MR) is 98.2 cm³/mol. The van der Waals surface area contributed by atoms with Gasteiger partial charge in [0.2, 0.25) is 0 Å². The van der Waals surface area contributed by atoms with E-state index in [-0.39, 0.29) is 15.5 Å². The molecule has 1 aliphatic rings. The van der Waals surface area contributed by atoms with E-state index in [0.29, 0.717) is 10.6 Å².